The van der Waals surface area contributed by atoms with Gasteiger partial charge < -0.3 is 14.8 Å². The second-order valence-corrected chi connectivity index (χ2v) is 13.2. The summed E-state index contributed by atoms with van der Waals surface area (Å²) in [6.45, 7) is -5.30. The van der Waals surface area contributed by atoms with E-state index in [1.807, 2.05) is 0 Å². The van der Waals surface area contributed by atoms with Crippen molar-refractivity contribution in [3.05, 3.63) is 76.2 Å². The number of likely N-dealkylation sites (tertiary alicyclic amines) is 1. The van der Waals surface area contributed by atoms with Crippen molar-refractivity contribution in [1.29, 1.82) is 0 Å². The molecule has 1 aliphatic heterocycles. The average Bonchev–Trinajstić information content (AvgIpc) is 3.62. The second-order valence-electron chi connectivity index (χ2n) is 10.7. The molecule has 1 aliphatic rings. The minimum atomic E-state index is -5.35. The van der Waals surface area contributed by atoms with E-state index < -0.39 is 106 Å². The lowest BCUT2D eigenvalue weighted by Gasteiger charge is -2.24. The highest BCUT2D eigenvalue weighted by Gasteiger charge is 2.41. The lowest BCUT2D eigenvalue weighted by atomic mass is 10.1. The van der Waals surface area contributed by atoms with Crippen molar-refractivity contribution >= 4 is 53.0 Å². The molecular weight excluding hydrogens is 724 g/mol. The molecule has 2 amide bonds. The highest BCUT2D eigenvalue weighted by atomic mass is 35.5. The Morgan fingerprint density at radius 3 is 2.22 bits per heavy atom. The molecule has 2 aromatic carbocycles. The second kappa shape index (κ2) is 14.5. The maximum atomic E-state index is 14.3. The number of benzene rings is 2. The standard InChI is InChI=1S/C29H24ClF9N3O6P/c1-15(43)20-11-41(22-8-18(5-6-19(20)22)49(46,47-13-28(34,35)36)48-14-29(37,38)39)12-24(44)42-10-17(26(32)33)7-23(42)27(45)40-9-16-3-2-4-21(30)25(16)31/h2-6,8,11,23H,7,9-10,12-14H2,1H3,(H,40,45). The first-order valence-electron chi connectivity index (χ1n) is 13.9. The van der Waals surface area contributed by atoms with Crippen LogP contribution in [0.3, 0.4) is 0 Å². The largest absolute Gasteiger partial charge is 0.412 e. The van der Waals surface area contributed by atoms with Gasteiger partial charge in [0.25, 0.3) is 6.08 Å². The van der Waals surface area contributed by atoms with Crippen molar-refractivity contribution < 1.29 is 67.5 Å². The number of alkyl halides is 6. The van der Waals surface area contributed by atoms with Gasteiger partial charge in [-0.3, -0.25) is 28.0 Å². The number of rotatable bonds is 11. The number of carbonyl (C=O) groups is 3. The number of nitrogens with one attached hydrogen (secondary N) is 1. The predicted octanol–water partition coefficient (Wildman–Crippen LogP) is 6.68. The van der Waals surface area contributed by atoms with Crippen molar-refractivity contribution in [3.63, 3.8) is 0 Å². The molecule has 0 aliphatic carbocycles. The van der Waals surface area contributed by atoms with Crippen LogP contribution in [0.5, 0.6) is 0 Å². The minimum Gasteiger partial charge on any atom is -0.350 e. The third-order valence-corrected chi connectivity index (χ3v) is 9.36. The molecule has 0 radical (unpaired) electrons. The Morgan fingerprint density at radius 2 is 1.65 bits per heavy atom. The Hall–Kier alpha value is -3.86. The number of aromatic nitrogens is 1. The van der Waals surface area contributed by atoms with Crippen LogP contribution in [0, 0.1) is 5.82 Å². The highest BCUT2D eigenvalue weighted by Crippen LogP contribution is 2.49. The van der Waals surface area contributed by atoms with Crippen LogP contribution in [0.25, 0.3) is 10.9 Å². The van der Waals surface area contributed by atoms with E-state index in [0.29, 0.717) is 0 Å². The van der Waals surface area contributed by atoms with Crippen LogP contribution in [0.2, 0.25) is 5.02 Å². The number of halogens is 10. The van der Waals surface area contributed by atoms with Gasteiger partial charge in [0, 0.05) is 47.8 Å². The van der Waals surface area contributed by atoms with E-state index in [1.54, 1.807) is 0 Å². The topological polar surface area (TPSA) is 107 Å². The third kappa shape index (κ3) is 9.23. The first-order chi connectivity index (χ1) is 22.7. The highest BCUT2D eigenvalue weighted by molar-refractivity contribution is 7.62. The molecule has 0 spiro atoms. The van der Waals surface area contributed by atoms with E-state index in [9.17, 15) is 58.5 Å². The van der Waals surface area contributed by atoms with Crippen LogP contribution < -0.4 is 10.6 Å². The van der Waals surface area contributed by atoms with Crippen molar-refractivity contribution in [2.45, 2.75) is 44.8 Å². The summed E-state index contributed by atoms with van der Waals surface area (Å²) >= 11 is 5.74. The van der Waals surface area contributed by atoms with Crippen LogP contribution >= 0.6 is 19.2 Å². The van der Waals surface area contributed by atoms with Crippen molar-refractivity contribution in [1.82, 2.24) is 14.8 Å². The minimum absolute atomic E-state index is 0.0249. The Labute approximate surface area is 276 Å². The molecular formula is C29H24ClF9N3O6P. The predicted molar refractivity (Wildman–Crippen MR) is 156 cm³/mol. The van der Waals surface area contributed by atoms with Crippen LogP contribution in [0.4, 0.5) is 39.5 Å². The Kier molecular flexibility index (Phi) is 11.3. The van der Waals surface area contributed by atoms with Crippen LogP contribution in [0.15, 0.2) is 54.2 Å². The van der Waals surface area contributed by atoms with Crippen molar-refractivity contribution in [2.75, 3.05) is 19.8 Å². The van der Waals surface area contributed by atoms with Gasteiger partial charge in [-0.05, 0) is 25.1 Å². The number of hydrogen-bond donors (Lipinski definition) is 1. The molecule has 1 saturated heterocycles. The van der Waals surface area contributed by atoms with Gasteiger partial charge in [0.1, 0.15) is 18.4 Å². The van der Waals surface area contributed by atoms with Gasteiger partial charge in [0.2, 0.25) is 11.8 Å². The van der Waals surface area contributed by atoms with Crippen molar-refractivity contribution in [2.24, 2.45) is 0 Å². The molecule has 3 aromatic rings. The Balaban J connectivity index is 1.68. The first-order valence-corrected chi connectivity index (χ1v) is 15.8. The molecule has 1 unspecified atom stereocenters. The summed E-state index contributed by atoms with van der Waals surface area (Å²) in [7, 11) is -5.35. The number of fused-ring (bicyclic) bond motifs is 1. The zero-order valence-corrected chi connectivity index (χ0v) is 26.6. The molecule has 2 heterocycles. The maximum Gasteiger partial charge on any atom is 0.412 e. The molecule has 1 aromatic heterocycles. The maximum absolute atomic E-state index is 14.3. The van der Waals surface area contributed by atoms with E-state index in [0.717, 1.165) is 40.8 Å². The van der Waals surface area contributed by atoms with Crippen LogP contribution in [-0.2, 0) is 36.3 Å². The number of nitrogens with zero attached hydrogens (tertiary/aromatic N) is 2. The quantitative estimate of drug-likeness (QED) is 0.133. The number of Topliss-reactive ketones (excluding diaryl/α,β-unsaturated/α-hetero) is 1. The molecule has 4 rings (SSSR count). The normalized spacial score (nSPS) is 15.6. The smallest absolute Gasteiger partial charge is 0.350 e. The van der Waals surface area contributed by atoms with Gasteiger partial charge in [0.05, 0.1) is 15.8 Å². The summed E-state index contributed by atoms with van der Waals surface area (Å²) in [5.41, 5.74) is -0.875. The van der Waals surface area contributed by atoms with E-state index >= 15 is 0 Å². The zero-order valence-electron chi connectivity index (χ0n) is 24.9. The summed E-state index contributed by atoms with van der Waals surface area (Å²) in [5.74, 6) is -3.34. The van der Waals surface area contributed by atoms with E-state index in [4.69, 9.17) is 11.6 Å². The molecule has 1 atom stereocenters. The van der Waals surface area contributed by atoms with Crippen LogP contribution in [0.1, 0.15) is 29.3 Å². The Morgan fingerprint density at radius 1 is 1.02 bits per heavy atom. The lowest BCUT2D eigenvalue weighted by molar-refractivity contribution is -0.164. The van der Waals surface area contributed by atoms with Gasteiger partial charge in [-0.25, -0.2) is 4.39 Å². The van der Waals surface area contributed by atoms with Gasteiger partial charge in [0.15, 0.2) is 19.0 Å². The lowest BCUT2D eigenvalue weighted by Crippen LogP contribution is -2.46. The van der Waals surface area contributed by atoms with Crippen LogP contribution in [-0.4, -0.2) is 65.2 Å². The summed E-state index contributed by atoms with van der Waals surface area (Å²) < 4.78 is 142. The summed E-state index contributed by atoms with van der Waals surface area (Å²) in [5, 5.41) is 1.37. The SMILES string of the molecule is CC(=O)c1cn(CC(=O)N2CC(=C(F)F)CC2C(=O)NCc2cccc(Cl)c2F)c2cc(P(=O)(OCC(F)(F)F)OCC(F)(F)F)ccc12. The van der Waals surface area contributed by atoms with E-state index in [2.05, 4.69) is 14.4 Å². The average molecular weight is 748 g/mol. The fourth-order valence-corrected chi connectivity index (χ4v) is 6.68. The number of amides is 2. The van der Waals surface area contributed by atoms with Gasteiger partial charge in [-0.2, -0.15) is 35.1 Å². The first kappa shape index (κ1) is 38.0. The van der Waals surface area contributed by atoms with Gasteiger partial charge in [-0.1, -0.05) is 29.8 Å². The van der Waals surface area contributed by atoms with E-state index in [-0.39, 0.29) is 27.1 Å². The molecule has 266 valence electrons. The fraction of sp³-hybridized carbons (Fsp3) is 0.345. The molecule has 1 fully saturated rings. The molecule has 9 nitrogen and oxygen atoms in total. The fourth-order valence-electron chi connectivity index (χ4n) is 4.94. The van der Waals surface area contributed by atoms with Gasteiger partial charge >= 0.3 is 19.9 Å². The summed E-state index contributed by atoms with van der Waals surface area (Å²) in [6, 6.07) is 5.15. The monoisotopic (exact) mass is 747 g/mol. The number of hydrogen-bond acceptors (Lipinski definition) is 6. The molecule has 49 heavy (non-hydrogen) atoms. The third-order valence-electron chi connectivity index (χ3n) is 7.22. The van der Waals surface area contributed by atoms with Crippen molar-refractivity contribution in [3.8, 4) is 0 Å². The number of carbonyl (C=O) groups excluding carboxylic acids is 3. The molecule has 0 bridgehead atoms. The number of ketones is 1. The molecule has 1 N–H and O–H groups in total. The summed E-state index contributed by atoms with van der Waals surface area (Å²) in [6.07, 6.45) is -11.9. The molecule has 20 heteroatoms. The molecule has 0 saturated carbocycles. The zero-order chi connectivity index (χ0) is 36.5. The van der Waals surface area contributed by atoms with Gasteiger partial charge in [-0.15, -0.1) is 0 Å². The summed E-state index contributed by atoms with van der Waals surface area (Å²) in [4.78, 5) is 39.8. The van der Waals surface area contributed by atoms with E-state index in [1.165, 1.54) is 18.2 Å². The Bertz CT molecular complexity index is 1830.